The average Bonchev–Trinajstić information content (AvgIpc) is 2.77. The molecular weight excluding hydrogens is 219 g/mol. The van der Waals surface area contributed by atoms with E-state index in [1.54, 1.807) is 0 Å². The van der Waals surface area contributed by atoms with Crippen LogP contribution in [-0.2, 0) is 6.54 Å². The second-order valence-electron chi connectivity index (χ2n) is 4.43. The molecule has 1 aliphatic rings. The molecule has 1 saturated carbocycles. The number of rotatable bonds is 3. The highest BCUT2D eigenvalue weighted by Crippen LogP contribution is 2.26. The van der Waals surface area contributed by atoms with E-state index < -0.39 is 0 Å². The third-order valence-electron chi connectivity index (χ3n) is 3.28. The molecule has 0 aromatic heterocycles. The van der Waals surface area contributed by atoms with Crippen LogP contribution in [0.25, 0.3) is 0 Å². The second-order valence-corrected chi connectivity index (χ2v) is 4.43. The molecule has 0 amide bonds. The lowest BCUT2D eigenvalue weighted by Gasteiger charge is -2.16. The van der Waals surface area contributed by atoms with Crippen LogP contribution in [0.1, 0.15) is 24.8 Å². The molecule has 1 aliphatic carbocycles. The van der Waals surface area contributed by atoms with Crippen molar-refractivity contribution < 1.29 is 9.50 Å². The standard InChI is InChI=1S/C13H15FN2O/c14-11-4-5-13(17)10(6-11)8-16-12-3-1-2-9(12)7-15/h4-6,9,12,16-17H,1-3,8H2. The van der Waals surface area contributed by atoms with Gasteiger partial charge >= 0.3 is 0 Å². The van der Waals surface area contributed by atoms with Crippen LogP contribution in [0.4, 0.5) is 4.39 Å². The van der Waals surface area contributed by atoms with Gasteiger partial charge in [0.2, 0.25) is 0 Å². The predicted molar refractivity (Wildman–Crippen MR) is 61.6 cm³/mol. The Morgan fingerprint density at radius 3 is 3.06 bits per heavy atom. The molecule has 2 N–H and O–H groups in total. The Labute approximate surface area is 99.9 Å². The summed E-state index contributed by atoms with van der Waals surface area (Å²) in [5, 5.41) is 21.7. The number of hydrogen-bond donors (Lipinski definition) is 2. The molecule has 3 nitrogen and oxygen atoms in total. The molecule has 0 heterocycles. The summed E-state index contributed by atoms with van der Waals surface area (Å²) in [6.07, 6.45) is 2.93. The zero-order valence-electron chi connectivity index (χ0n) is 9.49. The van der Waals surface area contributed by atoms with Gasteiger partial charge in [0.05, 0.1) is 12.0 Å². The summed E-state index contributed by atoms with van der Waals surface area (Å²) in [5.41, 5.74) is 0.536. The Bertz CT molecular complexity index is 442. The third kappa shape index (κ3) is 2.75. The van der Waals surface area contributed by atoms with E-state index in [0.717, 1.165) is 19.3 Å². The van der Waals surface area contributed by atoms with Crippen molar-refractivity contribution in [2.45, 2.75) is 31.8 Å². The highest BCUT2D eigenvalue weighted by atomic mass is 19.1. The lowest BCUT2D eigenvalue weighted by atomic mass is 10.1. The highest BCUT2D eigenvalue weighted by Gasteiger charge is 2.26. The van der Waals surface area contributed by atoms with Gasteiger partial charge in [-0.05, 0) is 31.0 Å². The van der Waals surface area contributed by atoms with Gasteiger partial charge in [-0.1, -0.05) is 6.42 Å². The molecule has 2 atom stereocenters. The fraction of sp³-hybridized carbons (Fsp3) is 0.462. The summed E-state index contributed by atoms with van der Waals surface area (Å²) in [6.45, 7) is 0.395. The van der Waals surface area contributed by atoms with Gasteiger partial charge in [-0.2, -0.15) is 5.26 Å². The van der Waals surface area contributed by atoms with Crippen molar-refractivity contribution in [3.05, 3.63) is 29.6 Å². The molecule has 90 valence electrons. The lowest BCUT2D eigenvalue weighted by molar-refractivity contribution is 0.437. The number of benzene rings is 1. The van der Waals surface area contributed by atoms with Crippen LogP contribution in [0.2, 0.25) is 0 Å². The highest BCUT2D eigenvalue weighted by molar-refractivity contribution is 5.32. The Morgan fingerprint density at radius 1 is 1.47 bits per heavy atom. The summed E-state index contributed by atoms with van der Waals surface area (Å²) in [7, 11) is 0. The number of phenols is 1. The topological polar surface area (TPSA) is 56.0 Å². The van der Waals surface area contributed by atoms with Gasteiger partial charge in [0.1, 0.15) is 11.6 Å². The van der Waals surface area contributed by atoms with Gasteiger partial charge in [-0.15, -0.1) is 0 Å². The average molecular weight is 234 g/mol. The third-order valence-corrected chi connectivity index (χ3v) is 3.28. The van der Waals surface area contributed by atoms with Crippen LogP contribution in [0.15, 0.2) is 18.2 Å². The maximum atomic E-state index is 13.0. The molecule has 2 rings (SSSR count). The summed E-state index contributed by atoms with van der Waals surface area (Å²) in [6, 6.07) is 6.33. The number of halogens is 1. The molecule has 0 radical (unpaired) electrons. The fourth-order valence-corrected chi connectivity index (χ4v) is 2.30. The number of nitrogens with one attached hydrogen (secondary N) is 1. The number of nitrogens with zero attached hydrogens (tertiary/aromatic N) is 1. The van der Waals surface area contributed by atoms with Crippen molar-refractivity contribution in [3.63, 3.8) is 0 Å². The first kappa shape index (κ1) is 11.9. The number of phenolic OH excluding ortho intramolecular Hbond substituents is 1. The smallest absolute Gasteiger partial charge is 0.123 e. The van der Waals surface area contributed by atoms with E-state index in [4.69, 9.17) is 5.26 Å². The van der Waals surface area contributed by atoms with E-state index in [9.17, 15) is 9.50 Å². The molecule has 0 aliphatic heterocycles. The number of aromatic hydroxyl groups is 1. The first-order chi connectivity index (χ1) is 8.20. The summed E-state index contributed by atoms with van der Waals surface area (Å²) < 4.78 is 13.0. The molecule has 0 saturated heterocycles. The van der Waals surface area contributed by atoms with Crippen molar-refractivity contribution in [1.82, 2.24) is 5.32 Å². The molecular formula is C13H15FN2O. The Balaban J connectivity index is 1.98. The van der Waals surface area contributed by atoms with Crippen molar-refractivity contribution in [2.24, 2.45) is 5.92 Å². The van der Waals surface area contributed by atoms with Crippen molar-refractivity contribution >= 4 is 0 Å². The number of nitriles is 1. The predicted octanol–water partition coefficient (Wildman–Crippen LogP) is 2.31. The van der Waals surface area contributed by atoms with Crippen LogP contribution >= 0.6 is 0 Å². The minimum atomic E-state index is -0.358. The van der Waals surface area contributed by atoms with E-state index in [0.29, 0.717) is 12.1 Å². The quantitative estimate of drug-likeness (QED) is 0.843. The minimum absolute atomic E-state index is 0.0331. The maximum absolute atomic E-state index is 13.0. The largest absolute Gasteiger partial charge is 0.508 e. The van der Waals surface area contributed by atoms with E-state index in [1.807, 2.05) is 0 Å². The molecule has 2 unspecified atom stereocenters. The monoisotopic (exact) mass is 234 g/mol. The molecule has 1 aromatic carbocycles. The van der Waals surface area contributed by atoms with Crippen molar-refractivity contribution in [1.29, 1.82) is 5.26 Å². The zero-order chi connectivity index (χ0) is 12.3. The van der Waals surface area contributed by atoms with Crippen LogP contribution in [0.5, 0.6) is 5.75 Å². The van der Waals surface area contributed by atoms with E-state index in [1.165, 1.54) is 18.2 Å². The van der Waals surface area contributed by atoms with Crippen LogP contribution < -0.4 is 5.32 Å². The lowest BCUT2D eigenvalue weighted by Crippen LogP contribution is -2.31. The van der Waals surface area contributed by atoms with Gasteiger partial charge in [0, 0.05) is 18.2 Å². The molecule has 0 bridgehead atoms. The van der Waals surface area contributed by atoms with Gasteiger partial charge in [0.25, 0.3) is 0 Å². The Kier molecular flexibility index (Phi) is 3.60. The minimum Gasteiger partial charge on any atom is -0.508 e. The van der Waals surface area contributed by atoms with Gasteiger partial charge in [-0.3, -0.25) is 0 Å². The summed E-state index contributed by atoms with van der Waals surface area (Å²) >= 11 is 0. The molecule has 1 aromatic rings. The van der Waals surface area contributed by atoms with Crippen molar-refractivity contribution in [2.75, 3.05) is 0 Å². The number of hydrogen-bond acceptors (Lipinski definition) is 3. The Morgan fingerprint density at radius 2 is 2.29 bits per heavy atom. The molecule has 4 heteroatoms. The van der Waals surface area contributed by atoms with E-state index in [2.05, 4.69) is 11.4 Å². The van der Waals surface area contributed by atoms with E-state index >= 15 is 0 Å². The SMILES string of the molecule is N#CC1CCCC1NCc1cc(F)ccc1O. The molecule has 0 spiro atoms. The fourth-order valence-electron chi connectivity index (χ4n) is 2.30. The van der Waals surface area contributed by atoms with Crippen LogP contribution in [0, 0.1) is 23.1 Å². The zero-order valence-corrected chi connectivity index (χ0v) is 9.49. The van der Waals surface area contributed by atoms with Crippen molar-refractivity contribution in [3.8, 4) is 11.8 Å². The molecule has 17 heavy (non-hydrogen) atoms. The van der Waals surface area contributed by atoms with E-state index in [-0.39, 0.29) is 23.5 Å². The van der Waals surface area contributed by atoms with Gasteiger partial charge < -0.3 is 10.4 Å². The molecule has 1 fully saturated rings. The summed E-state index contributed by atoms with van der Waals surface area (Å²) in [4.78, 5) is 0. The Hall–Kier alpha value is -1.60. The second kappa shape index (κ2) is 5.15. The maximum Gasteiger partial charge on any atom is 0.123 e. The normalized spacial score (nSPS) is 23.5. The van der Waals surface area contributed by atoms with Crippen LogP contribution in [-0.4, -0.2) is 11.1 Å². The first-order valence-electron chi connectivity index (χ1n) is 5.81. The van der Waals surface area contributed by atoms with Gasteiger partial charge in [-0.25, -0.2) is 4.39 Å². The summed E-state index contributed by atoms with van der Waals surface area (Å²) in [5.74, 6) is -0.237. The first-order valence-corrected chi connectivity index (χ1v) is 5.81. The van der Waals surface area contributed by atoms with Crippen LogP contribution in [0.3, 0.4) is 0 Å². The van der Waals surface area contributed by atoms with Gasteiger partial charge in [0.15, 0.2) is 0 Å².